The molecule has 1 N–H and O–H groups in total. The molecule has 3 rings (SSSR count). The molecule has 1 aliphatic rings. The fraction of sp³-hybridized carbons (Fsp3) is 0.400. The average molecular weight is 359 g/mol. The van der Waals surface area contributed by atoms with Crippen LogP contribution in [0.25, 0.3) is 0 Å². The molecule has 0 aliphatic heterocycles. The fourth-order valence-electron chi connectivity index (χ4n) is 3.56. The first-order chi connectivity index (χ1) is 11.8. The van der Waals surface area contributed by atoms with Gasteiger partial charge in [0.15, 0.2) is 0 Å². The van der Waals surface area contributed by atoms with E-state index in [9.17, 15) is 13.5 Å². The van der Waals surface area contributed by atoms with Gasteiger partial charge in [-0.05, 0) is 49.8 Å². The lowest BCUT2D eigenvalue weighted by atomic mass is 10.0. The Morgan fingerprint density at radius 2 is 1.64 bits per heavy atom. The van der Waals surface area contributed by atoms with Gasteiger partial charge in [0.1, 0.15) is 0 Å². The highest BCUT2D eigenvalue weighted by Crippen LogP contribution is 2.52. The van der Waals surface area contributed by atoms with Gasteiger partial charge in [0.2, 0.25) is 10.0 Å². The van der Waals surface area contributed by atoms with Crippen LogP contribution in [0.4, 0.5) is 0 Å². The number of benzene rings is 2. The van der Waals surface area contributed by atoms with Crippen molar-refractivity contribution in [3.8, 4) is 0 Å². The third kappa shape index (κ3) is 3.64. The molecule has 0 heterocycles. The molecule has 2 aromatic carbocycles. The Kier molecular flexibility index (Phi) is 5.00. The Bertz CT molecular complexity index is 816. The summed E-state index contributed by atoms with van der Waals surface area (Å²) in [6.45, 7) is 3.71. The van der Waals surface area contributed by atoms with E-state index >= 15 is 0 Å². The smallest absolute Gasteiger partial charge is 0.243 e. The van der Waals surface area contributed by atoms with E-state index in [0.29, 0.717) is 4.90 Å². The standard InChI is InChI=1S/C20H25NO3S/c1-14-9-11-17(12-10-14)25(23,24)21(3)20(16-7-5-4-6-8-16)19-13-18(19)15(2)22/h4-12,15,18-20,22H,13H2,1-3H3/t15-,18-,19-,20+/m0/s1. The molecule has 0 saturated heterocycles. The zero-order valence-electron chi connectivity index (χ0n) is 14.8. The van der Waals surface area contributed by atoms with E-state index in [0.717, 1.165) is 17.5 Å². The van der Waals surface area contributed by atoms with Crippen molar-refractivity contribution < 1.29 is 13.5 Å². The average Bonchev–Trinajstić information content (AvgIpc) is 3.37. The van der Waals surface area contributed by atoms with Crippen LogP contribution in [0.2, 0.25) is 0 Å². The van der Waals surface area contributed by atoms with Crippen molar-refractivity contribution in [2.24, 2.45) is 11.8 Å². The number of aryl methyl sites for hydroxylation is 1. The molecule has 2 aromatic rings. The highest BCUT2D eigenvalue weighted by atomic mass is 32.2. The van der Waals surface area contributed by atoms with Gasteiger partial charge in [0.25, 0.3) is 0 Å². The molecule has 1 aliphatic carbocycles. The maximum Gasteiger partial charge on any atom is 0.243 e. The molecule has 5 heteroatoms. The Hall–Kier alpha value is -1.69. The molecule has 0 bridgehead atoms. The third-order valence-electron chi connectivity index (χ3n) is 5.15. The van der Waals surface area contributed by atoms with Crippen molar-refractivity contribution in [3.05, 3.63) is 65.7 Å². The topological polar surface area (TPSA) is 57.6 Å². The predicted molar refractivity (Wildman–Crippen MR) is 98.6 cm³/mol. The molecule has 0 radical (unpaired) electrons. The van der Waals surface area contributed by atoms with E-state index < -0.39 is 16.1 Å². The van der Waals surface area contributed by atoms with Gasteiger partial charge in [0, 0.05) is 7.05 Å². The van der Waals surface area contributed by atoms with Crippen molar-refractivity contribution in [1.82, 2.24) is 4.31 Å². The first-order valence-corrected chi connectivity index (χ1v) is 10.0. The monoisotopic (exact) mass is 359 g/mol. The zero-order valence-corrected chi connectivity index (χ0v) is 15.6. The Morgan fingerprint density at radius 3 is 2.16 bits per heavy atom. The fourth-order valence-corrected chi connectivity index (χ4v) is 4.95. The highest BCUT2D eigenvalue weighted by Gasteiger charge is 2.49. The maximum absolute atomic E-state index is 13.1. The molecule has 0 aromatic heterocycles. The molecule has 0 amide bonds. The first-order valence-electron chi connectivity index (χ1n) is 8.60. The molecule has 0 unspecified atom stereocenters. The number of aliphatic hydroxyl groups excluding tert-OH is 1. The zero-order chi connectivity index (χ0) is 18.2. The molecular formula is C20H25NO3S. The van der Waals surface area contributed by atoms with Gasteiger partial charge in [0.05, 0.1) is 17.0 Å². The summed E-state index contributed by atoms with van der Waals surface area (Å²) in [7, 11) is -1.96. The second kappa shape index (κ2) is 6.90. The summed E-state index contributed by atoms with van der Waals surface area (Å²) >= 11 is 0. The van der Waals surface area contributed by atoms with Crippen LogP contribution in [-0.2, 0) is 10.0 Å². The van der Waals surface area contributed by atoms with Crippen LogP contribution < -0.4 is 0 Å². The number of nitrogens with zero attached hydrogens (tertiary/aromatic N) is 1. The summed E-state index contributed by atoms with van der Waals surface area (Å²) in [5.74, 6) is 0.272. The molecule has 4 nitrogen and oxygen atoms in total. The molecule has 1 saturated carbocycles. The van der Waals surface area contributed by atoms with Crippen molar-refractivity contribution in [1.29, 1.82) is 0 Å². The third-order valence-corrected chi connectivity index (χ3v) is 7.00. The van der Waals surface area contributed by atoms with Crippen LogP contribution in [0.3, 0.4) is 0 Å². The van der Waals surface area contributed by atoms with Crippen LogP contribution in [0.5, 0.6) is 0 Å². The normalized spacial score (nSPS) is 22.6. The highest BCUT2D eigenvalue weighted by molar-refractivity contribution is 7.89. The molecular weight excluding hydrogens is 334 g/mol. The minimum atomic E-state index is -3.61. The summed E-state index contributed by atoms with van der Waals surface area (Å²) < 4.78 is 27.7. The number of hydrogen-bond acceptors (Lipinski definition) is 3. The van der Waals surface area contributed by atoms with Crippen LogP contribution in [0, 0.1) is 18.8 Å². The van der Waals surface area contributed by atoms with E-state index in [1.807, 2.05) is 49.4 Å². The largest absolute Gasteiger partial charge is 0.393 e. The van der Waals surface area contributed by atoms with Crippen molar-refractivity contribution in [2.75, 3.05) is 7.05 Å². The lowest BCUT2D eigenvalue weighted by Crippen LogP contribution is -2.33. The summed E-state index contributed by atoms with van der Waals surface area (Å²) in [5, 5.41) is 9.92. The number of hydrogen-bond donors (Lipinski definition) is 1. The Labute approximate surface area is 150 Å². The summed E-state index contributed by atoms with van der Waals surface area (Å²) in [5.41, 5.74) is 1.99. The first kappa shape index (κ1) is 18.1. The van der Waals surface area contributed by atoms with Gasteiger partial charge in [-0.25, -0.2) is 8.42 Å². The van der Waals surface area contributed by atoms with Gasteiger partial charge in [-0.3, -0.25) is 0 Å². The van der Waals surface area contributed by atoms with Gasteiger partial charge in [-0.1, -0.05) is 48.0 Å². The SMILES string of the molecule is Cc1ccc(S(=O)(=O)N(C)[C@H](c2ccccc2)[C@H]2C[C@H]2[C@H](C)O)cc1. The quantitative estimate of drug-likeness (QED) is 0.860. The summed E-state index contributed by atoms with van der Waals surface area (Å²) in [6.07, 6.45) is 0.414. The Balaban J connectivity index is 1.97. The van der Waals surface area contributed by atoms with Gasteiger partial charge >= 0.3 is 0 Å². The number of sulfonamides is 1. The second-order valence-corrected chi connectivity index (χ2v) is 8.99. The molecule has 134 valence electrons. The van der Waals surface area contributed by atoms with E-state index in [4.69, 9.17) is 0 Å². The van der Waals surface area contributed by atoms with Crippen LogP contribution >= 0.6 is 0 Å². The molecule has 1 fully saturated rings. The predicted octanol–water partition coefficient (Wildman–Crippen LogP) is 3.37. The Morgan fingerprint density at radius 1 is 1.04 bits per heavy atom. The van der Waals surface area contributed by atoms with Crippen molar-refractivity contribution in [2.45, 2.75) is 37.3 Å². The number of aliphatic hydroxyl groups is 1. The van der Waals surface area contributed by atoms with E-state index in [1.54, 1.807) is 26.1 Å². The van der Waals surface area contributed by atoms with Crippen molar-refractivity contribution in [3.63, 3.8) is 0 Å². The van der Waals surface area contributed by atoms with Gasteiger partial charge in [-0.15, -0.1) is 0 Å². The molecule has 4 atom stereocenters. The van der Waals surface area contributed by atoms with Crippen LogP contribution in [0.1, 0.15) is 30.5 Å². The lowest BCUT2D eigenvalue weighted by Gasteiger charge is -2.29. The minimum absolute atomic E-state index is 0.132. The number of rotatable bonds is 6. The maximum atomic E-state index is 13.1. The van der Waals surface area contributed by atoms with E-state index in [1.165, 1.54) is 4.31 Å². The van der Waals surface area contributed by atoms with Gasteiger partial charge in [-0.2, -0.15) is 4.31 Å². The van der Waals surface area contributed by atoms with Gasteiger partial charge < -0.3 is 5.11 Å². The lowest BCUT2D eigenvalue weighted by molar-refractivity contribution is 0.155. The molecule has 25 heavy (non-hydrogen) atoms. The van der Waals surface area contributed by atoms with Crippen LogP contribution in [0.15, 0.2) is 59.5 Å². The van der Waals surface area contributed by atoms with Crippen LogP contribution in [-0.4, -0.2) is 31.0 Å². The second-order valence-electron chi connectivity index (χ2n) is 6.99. The summed E-state index contributed by atoms with van der Waals surface area (Å²) in [6, 6.07) is 16.4. The minimum Gasteiger partial charge on any atom is -0.393 e. The van der Waals surface area contributed by atoms with E-state index in [2.05, 4.69) is 0 Å². The van der Waals surface area contributed by atoms with Crippen molar-refractivity contribution >= 4 is 10.0 Å². The summed E-state index contributed by atoms with van der Waals surface area (Å²) in [4.78, 5) is 0.302. The van der Waals surface area contributed by atoms with E-state index in [-0.39, 0.29) is 17.9 Å². The molecule has 0 spiro atoms.